The summed E-state index contributed by atoms with van der Waals surface area (Å²) in [6.45, 7) is 3.89. The molecule has 130 valence electrons. The molecule has 2 rings (SSSR count). The minimum Gasteiger partial charge on any atom is -0.356 e. The lowest BCUT2D eigenvalue weighted by molar-refractivity contribution is 0.247. The number of likely N-dealkylation sites (N-methyl/N-ethyl adjacent to an activating group) is 1. The van der Waals surface area contributed by atoms with Gasteiger partial charge >= 0.3 is 0 Å². The third kappa shape index (κ3) is 7.03. The molecule has 1 aliphatic rings. The SMILES string of the molecule is CN=C(NCCc1ccc(F)cc1)NCC(C)N(C)C1CC1.I. The second-order valence-corrected chi connectivity index (χ2v) is 6.00. The Bertz CT molecular complexity index is 488. The quantitative estimate of drug-likeness (QED) is 0.394. The van der Waals surface area contributed by atoms with Gasteiger partial charge in [0.05, 0.1) is 0 Å². The summed E-state index contributed by atoms with van der Waals surface area (Å²) in [7, 11) is 3.97. The Hall–Kier alpha value is -0.890. The van der Waals surface area contributed by atoms with Gasteiger partial charge in [-0.25, -0.2) is 4.39 Å². The molecule has 0 saturated heterocycles. The van der Waals surface area contributed by atoms with Crippen LogP contribution in [0.5, 0.6) is 0 Å². The zero-order valence-corrected chi connectivity index (χ0v) is 16.5. The molecule has 0 aromatic heterocycles. The van der Waals surface area contributed by atoms with Gasteiger partial charge in [-0.15, -0.1) is 24.0 Å². The Morgan fingerprint density at radius 2 is 1.96 bits per heavy atom. The van der Waals surface area contributed by atoms with Crippen LogP contribution < -0.4 is 10.6 Å². The van der Waals surface area contributed by atoms with Gasteiger partial charge in [-0.2, -0.15) is 0 Å². The Morgan fingerprint density at radius 3 is 2.52 bits per heavy atom. The fraction of sp³-hybridized carbons (Fsp3) is 0.588. The van der Waals surface area contributed by atoms with Crippen molar-refractivity contribution in [2.45, 2.75) is 38.3 Å². The van der Waals surface area contributed by atoms with Crippen LogP contribution in [0.25, 0.3) is 0 Å². The molecule has 0 spiro atoms. The predicted molar refractivity (Wildman–Crippen MR) is 105 cm³/mol. The number of guanidine groups is 1. The van der Waals surface area contributed by atoms with Crippen molar-refractivity contribution in [1.29, 1.82) is 0 Å². The van der Waals surface area contributed by atoms with Crippen molar-refractivity contribution in [3.05, 3.63) is 35.6 Å². The molecule has 0 aliphatic heterocycles. The van der Waals surface area contributed by atoms with Crippen molar-refractivity contribution in [2.75, 3.05) is 27.2 Å². The van der Waals surface area contributed by atoms with Crippen LogP contribution >= 0.6 is 24.0 Å². The van der Waals surface area contributed by atoms with Crippen LogP contribution in [0, 0.1) is 5.82 Å². The van der Waals surface area contributed by atoms with Gasteiger partial charge in [-0.3, -0.25) is 9.89 Å². The zero-order valence-electron chi connectivity index (χ0n) is 14.2. The van der Waals surface area contributed by atoms with E-state index in [0.29, 0.717) is 6.04 Å². The average molecular weight is 434 g/mol. The lowest BCUT2D eigenvalue weighted by Gasteiger charge is -2.25. The van der Waals surface area contributed by atoms with Crippen LogP contribution in [-0.4, -0.2) is 50.1 Å². The largest absolute Gasteiger partial charge is 0.356 e. The molecule has 1 atom stereocenters. The summed E-state index contributed by atoms with van der Waals surface area (Å²) in [6.07, 6.45) is 3.50. The van der Waals surface area contributed by atoms with Crippen molar-refractivity contribution in [3.63, 3.8) is 0 Å². The number of aliphatic imine (C=N–C) groups is 1. The second-order valence-electron chi connectivity index (χ2n) is 6.00. The molecule has 1 saturated carbocycles. The fourth-order valence-electron chi connectivity index (χ4n) is 2.43. The number of halogens is 2. The zero-order chi connectivity index (χ0) is 15.9. The Balaban J connectivity index is 0.00000264. The molecule has 0 bridgehead atoms. The topological polar surface area (TPSA) is 39.7 Å². The molecule has 1 aromatic rings. The van der Waals surface area contributed by atoms with Crippen molar-refractivity contribution in [3.8, 4) is 0 Å². The van der Waals surface area contributed by atoms with E-state index in [9.17, 15) is 4.39 Å². The highest BCUT2D eigenvalue weighted by molar-refractivity contribution is 14.0. The third-order valence-electron chi connectivity index (χ3n) is 4.23. The molecule has 23 heavy (non-hydrogen) atoms. The summed E-state index contributed by atoms with van der Waals surface area (Å²) in [5.41, 5.74) is 1.12. The Morgan fingerprint density at radius 1 is 1.30 bits per heavy atom. The monoisotopic (exact) mass is 434 g/mol. The van der Waals surface area contributed by atoms with Crippen molar-refractivity contribution < 1.29 is 4.39 Å². The molecule has 2 N–H and O–H groups in total. The summed E-state index contributed by atoms with van der Waals surface area (Å²) in [4.78, 5) is 6.67. The van der Waals surface area contributed by atoms with E-state index in [2.05, 4.69) is 34.5 Å². The minimum atomic E-state index is -0.192. The number of rotatable bonds is 7. The van der Waals surface area contributed by atoms with Crippen LogP contribution in [0.1, 0.15) is 25.3 Å². The number of nitrogens with zero attached hydrogens (tertiary/aromatic N) is 2. The summed E-state index contributed by atoms with van der Waals surface area (Å²) in [6, 6.07) is 7.89. The van der Waals surface area contributed by atoms with Crippen LogP contribution in [0.2, 0.25) is 0 Å². The molecule has 1 fully saturated rings. The standard InChI is InChI=1S/C17H27FN4.HI/c1-13(22(3)16-8-9-16)12-21-17(19-2)20-11-10-14-4-6-15(18)7-5-14;/h4-7,13,16H,8-12H2,1-3H3,(H2,19,20,21);1H. The molecule has 4 nitrogen and oxygen atoms in total. The van der Waals surface area contributed by atoms with Crippen LogP contribution in [0.15, 0.2) is 29.3 Å². The first-order chi connectivity index (χ1) is 10.6. The maximum Gasteiger partial charge on any atom is 0.191 e. The van der Waals surface area contributed by atoms with Crippen molar-refractivity contribution in [2.24, 2.45) is 4.99 Å². The van der Waals surface area contributed by atoms with E-state index >= 15 is 0 Å². The molecule has 0 amide bonds. The summed E-state index contributed by atoms with van der Waals surface area (Å²) in [5.74, 6) is 0.626. The highest BCUT2D eigenvalue weighted by Crippen LogP contribution is 2.26. The first-order valence-electron chi connectivity index (χ1n) is 8.01. The highest BCUT2D eigenvalue weighted by Gasteiger charge is 2.28. The lowest BCUT2D eigenvalue weighted by atomic mass is 10.1. The summed E-state index contributed by atoms with van der Waals surface area (Å²) < 4.78 is 12.8. The molecule has 0 radical (unpaired) electrons. The number of hydrogen-bond donors (Lipinski definition) is 2. The first-order valence-corrected chi connectivity index (χ1v) is 8.01. The van der Waals surface area contributed by atoms with Gasteiger partial charge in [0.25, 0.3) is 0 Å². The van der Waals surface area contributed by atoms with E-state index in [1.165, 1.54) is 25.0 Å². The maximum atomic E-state index is 12.8. The van der Waals surface area contributed by atoms with Crippen molar-refractivity contribution >= 4 is 29.9 Å². The van der Waals surface area contributed by atoms with Gasteiger partial charge in [0.2, 0.25) is 0 Å². The first kappa shape index (κ1) is 20.2. The molecule has 1 aromatic carbocycles. The van der Waals surface area contributed by atoms with Crippen LogP contribution in [0.4, 0.5) is 4.39 Å². The molecular formula is C17H28FIN4. The fourth-order valence-corrected chi connectivity index (χ4v) is 2.43. The van der Waals surface area contributed by atoms with Crippen LogP contribution in [0.3, 0.4) is 0 Å². The van der Waals surface area contributed by atoms with E-state index in [1.807, 2.05) is 12.1 Å². The van der Waals surface area contributed by atoms with Crippen molar-refractivity contribution in [1.82, 2.24) is 15.5 Å². The van der Waals surface area contributed by atoms with Gasteiger partial charge < -0.3 is 10.6 Å². The Labute approximate surface area is 156 Å². The van der Waals surface area contributed by atoms with E-state index in [-0.39, 0.29) is 29.8 Å². The predicted octanol–water partition coefficient (Wildman–Crippen LogP) is 2.63. The third-order valence-corrected chi connectivity index (χ3v) is 4.23. The molecule has 6 heteroatoms. The molecule has 0 heterocycles. The van der Waals surface area contributed by atoms with E-state index in [1.54, 1.807) is 7.05 Å². The number of hydrogen-bond acceptors (Lipinski definition) is 2. The number of nitrogens with one attached hydrogen (secondary N) is 2. The summed E-state index contributed by atoms with van der Waals surface area (Å²) >= 11 is 0. The lowest BCUT2D eigenvalue weighted by Crippen LogP contribution is -2.45. The van der Waals surface area contributed by atoms with Gasteiger partial charge in [-0.05, 0) is 50.9 Å². The number of benzene rings is 1. The maximum absolute atomic E-state index is 12.8. The molecular weight excluding hydrogens is 406 g/mol. The smallest absolute Gasteiger partial charge is 0.191 e. The van der Waals surface area contributed by atoms with Gasteiger partial charge in [-0.1, -0.05) is 12.1 Å². The van der Waals surface area contributed by atoms with E-state index in [4.69, 9.17) is 0 Å². The highest BCUT2D eigenvalue weighted by atomic mass is 127. The molecule has 1 aliphatic carbocycles. The average Bonchev–Trinajstić information content (AvgIpc) is 3.36. The van der Waals surface area contributed by atoms with Gasteiger partial charge in [0.1, 0.15) is 5.82 Å². The molecule has 1 unspecified atom stereocenters. The van der Waals surface area contributed by atoms with Gasteiger partial charge in [0, 0.05) is 32.2 Å². The Kier molecular flexibility index (Phi) is 8.83. The second kappa shape index (κ2) is 10.1. The summed E-state index contributed by atoms with van der Waals surface area (Å²) in [5, 5.41) is 6.66. The van der Waals surface area contributed by atoms with E-state index in [0.717, 1.165) is 37.1 Å². The van der Waals surface area contributed by atoms with E-state index < -0.39 is 0 Å². The van der Waals surface area contributed by atoms with Crippen LogP contribution in [-0.2, 0) is 6.42 Å². The normalized spacial score (nSPS) is 16.0. The minimum absolute atomic E-state index is 0. The van der Waals surface area contributed by atoms with Gasteiger partial charge in [0.15, 0.2) is 5.96 Å².